The van der Waals surface area contributed by atoms with Crippen LogP contribution in [0, 0.1) is 0 Å². The molecule has 1 fully saturated rings. The van der Waals surface area contributed by atoms with Crippen molar-refractivity contribution in [2.75, 3.05) is 7.11 Å². The summed E-state index contributed by atoms with van der Waals surface area (Å²) in [7, 11) is 1.47. The average molecular weight is 185 g/mol. The van der Waals surface area contributed by atoms with Gasteiger partial charge in [0.25, 0.3) is 0 Å². The lowest BCUT2D eigenvalue weighted by Gasteiger charge is -2.31. The van der Waals surface area contributed by atoms with Crippen LogP contribution in [0.3, 0.4) is 0 Å². The van der Waals surface area contributed by atoms with Gasteiger partial charge in [0.2, 0.25) is 0 Å². The Labute approximate surface area is 75.4 Å². The fraction of sp³-hybridized carbons (Fsp3) is 0.714. The highest BCUT2D eigenvalue weighted by molar-refractivity contribution is 5.02. The van der Waals surface area contributed by atoms with Gasteiger partial charge in [-0.1, -0.05) is 11.7 Å². The molecule has 0 saturated carbocycles. The highest BCUT2D eigenvalue weighted by atomic mass is 16.7. The van der Waals surface area contributed by atoms with Crippen LogP contribution in [-0.4, -0.2) is 30.7 Å². The molecule has 0 radical (unpaired) electrons. The van der Waals surface area contributed by atoms with Crippen LogP contribution < -0.4 is 0 Å². The normalized spacial score (nSPS) is 33.4. The smallest absolute Gasteiger partial charge is 0.199 e. The highest BCUT2D eigenvalue weighted by Crippen LogP contribution is 2.24. The molecule has 0 spiro atoms. The first-order chi connectivity index (χ1) is 6.19. The van der Waals surface area contributed by atoms with Crippen molar-refractivity contribution in [1.82, 2.24) is 0 Å². The molecule has 0 aromatic carbocycles. The Morgan fingerprint density at radius 2 is 2.54 bits per heavy atom. The van der Waals surface area contributed by atoms with E-state index in [9.17, 15) is 5.11 Å². The molecule has 3 atom stereocenters. The van der Waals surface area contributed by atoms with Crippen molar-refractivity contribution in [1.29, 1.82) is 0 Å². The molecule has 72 valence electrons. The first kappa shape index (κ1) is 9.85. The maximum Gasteiger partial charge on any atom is 0.199 e. The molecule has 0 amide bonds. The van der Waals surface area contributed by atoms with Crippen molar-refractivity contribution in [3.63, 3.8) is 0 Å². The number of azide groups is 1. The molecule has 1 aliphatic heterocycles. The summed E-state index contributed by atoms with van der Waals surface area (Å²) in [6, 6.07) is -0.559. The van der Waals surface area contributed by atoms with Crippen LogP contribution in [0.2, 0.25) is 0 Å². The van der Waals surface area contributed by atoms with Gasteiger partial charge in [0.05, 0.1) is 6.04 Å². The molecule has 1 N–H and O–H groups in total. The molecule has 0 aromatic rings. The molecular weight excluding hydrogens is 174 g/mol. The summed E-state index contributed by atoms with van der Waals surface area (Å²) in [4.78, 5) is 2.63. The number of rotatable bonds is 2. The van der Waals surface area contributed by atoms with Gasteiger partial charge in [-0.05, 0) is 5.53 Å². The Morgan fingerprint density at radius 3 is 3.08 bits per heavy atom. The van der Waals surface area contributed by atoms with Crippen molar-refractivity contribution in [2.45, 2.75) is 24.9 Å². The van der Waals surface area contributed by atoms with Crippen molar-refractivity contribution in [2.24, 2.45) is 5.11 Å². The van der Waals surface area contributed by atoms with Crippen molar-refractivity contribution >= 4 is 0 Å². The van der Waals surface area contributed by atoms with Crippen molar-refractivity contribution in [3.8, 4) is 0 Å². The lowest BCUT2D eigenvalue weighted by Crippen LogP contribution is -2.38. The minimum absolute atomic E-state index is 0.176. The van der Waals surface area contributed by atoms with Crippen LogP contribution in [0.15, 0.2) is 17.5 Å². The minimum Gasteiger partial charge on any atom is -0.467 e. The van der Waals surface area contributed by atoms with Crippen LogP contribution in [0.4, 0.5) is 0 Å². The quantitative estimate of drug-likeness (QED) is 0.394. The molecule has 0 unspecified atom stereocenters. The van der Waals surface area contributed by atoms with E-state index in [0.29, 0.717) is 6.42 Å². The van der Waals surface area contributed by atoms with Gasteiger partial charge in [0.15, 0.2) is 6.29 Å². The standard InChI is InChI=1S/C7H11N3O3/c1-4-7(11)5(9-10-8)3-6(12-2)13-4/h5-7,11H,1,3H2,2H3/t5-,6-,7+/m0/s1. The van der Waals surface area contributed by atoms with E-state index >= 15 is 0 Å². The maximum atomic E-state index is 9.44. The monoisotopic (exact) mass is 185 g/mol. The molecule has 6 heteroatoms. The van der Waals surface area contributed by atoms with E-state index in [-0.39, 0.29) is 5.76 Å². The van der Waals surface area contributed by atoms with Gasteiger partial charge in [0.1, 0.15) is 11.9 Å². The second-order valence-corrected chi connectivity index (χ2v) is 2.70. The Morgan fingerprint density at radius 1 is 1.85 bits per heavy atom. The molecule has 6 nitrogen and oxygen atoms in total. The number of ether oxygens (including phenoxy) is 2. The molecule has 1 rings (SSSR count). The van der Waals surface area contributed by atoms with Crippen LogP contribution in [-0.2, 0) is 9.47 Å². The van der Waals surface area contributed by atoms with E-state index in [1.54, 1.807) is 0 Å². The molecule has 0 bridgehead atoms. The molecule has 1 saturated heterocycles. The van der Waals surface area contributed by atoms with Gasteiger partial charge in [-0.2, -0.15) is 0 Å². The zero-order chi connectivity index (χ0) is 9.84. The SMILES string of the molecule is C=C1O[C@H](OC)C[C@H](N=[N+]=[N-])[C@@H]1O. The zero-order valence-corrected chi connectivity index (χ0v) is 7.25. The number of hydrogen-bond acceptors (Lipinski definition) is 4. The summed E-state index contributed by atoms with van der Waals surface area (Å²) in [6.07, 6.45) is -1.10. The number of aliphatic hydroxyl groups is 1. The zero-order valence-electron chi connectivity index (χ0n) is 7.25. The van der Waals surface area contributed by atoms with Gasteiger partial charge in [-0.3, -0.25) is 0 Å². The molecule has 1 aliphatic rings. The Hall–Kier alpha value is -1.23. The van der Waals surface area contributed by atoms with Crippen molar-refractivity contribution < 1.29 is 14.6 Å². The van der Waals surface area contributed by atoms with Gasteiger partial charge in [-0.15, -0.1) is 0 Å². The summed E-state index contributed by atoms with van der Waals surface area (Å²) < 4.78 is 9.98. The second kappa shape index (κ2) is 4.13. The van der Waals surface area contributed by atoms with Gasteiger partial charge in [0, 0.05) is 18.4 Å². The first-order valence-electron chi connectivity index (χ1n) is 3.79. The third-order valence-corrected chi connectivity index (χ3v) is 1.87. The Balaban J connectivity index is 2.71. The average Bonchev–Trinajstić information content (AvgIpc) is 2.13. The van der Waals surface area contributed by atoms with Crippen LogP contribution in [0.5, 0.6) is 0 Å². The van der Waals surface area contributed by atoms with E-state index in [1.807, 2.05) is 0 Å². The van der Waals surface area contributed by atoms with Gasteiger partial charge in [-0.25, -0.2) is 0 Å². The third-order valence-electron chi connectivity index (χ3n) is 1.87. The number of aliphatic hydroxyl groups excluding tert-OH is 1. The predicted octanol–water partition coefficient (Wildman–Crippen LogP) is 0.933. The number of nitrogens with zero attached hydrogens (tertiary/aromatic N) is 3. The third kappa shape index (κ3) is 2.12. The van der Waals surface area contributed by atoms with Crippen LogP contribution in [0.25, 0.3) is 10.4 Å². The lowest BCUT2D eigenvalue weighted by atomic mass is 10.0. The van der Waals surface area contributed by atoms with Crippen molar-refractivity contribution in [3.05, 3.63) is 22.8 Å². The number of hydrogen-bond donors (Lipinski definition) is 1. The van der Waals surface area contributed by atoms with E-state index in [0.717, 1.165) is 0 Å². The minimum atomic E-state index is -0.942. The Kier molecular flexibility index (Phi) is 3.13. The maximum absolute atomic E-state index is 9.44. The summed E-state index contributed by atoms with van der Waals surface area (Å²) in [5.41, 5.74) is 8.22. The molecule has 0 aliphatic carbocycles. The molecule has 13 heavy (non-hydrogen) atoms. The topological polar surface area (TPSA) is 87.5 Å². The summed E-state index contributed by atoms with van der Waals surface area (Å²) in [5, 5.41) is 12.9. The second-order valence-electron chi connectivity index (χ2n) is 2.70. The molecular formula is C7H11N3O3. The Bertz CT molecular complexity index is 249. The molecule has 1 heterocycles. The predicted molar refractivity (Wildman–Crippen MR) is 44.6 cm³/mol. The van der Waals surface area contributed by atoms with Crippen LogP contribution >= 0.6 is 0 Å². The molecule has 0 aromatic heterocycles. The largest absolute Gasteiger partial charge is 0.467 e. The van der Waals surface area contributed by atoms with Gasteiger partial charge < -0.3 is 14.6 Å². The van der Waals surface area contributed by atoms with Crippen LogP contribution in [0.1, 0.15) is 6.42 Å². The number of methoxy groups -OCH3 is 1. The summed E-state index contributed by atoms with van der Waals surface area (Å²) >= 11 is 0. The van der Waals surface area contributed by atoms with Gasteiger partial charge >= 0.3 is 0 Å². The van der Waals surface area contributed by atoms with E-state index in [2.05, 4.69) is 16.6 Å². The van der Waals surface area contributed by atoms with E-state index in [1.165, 1.54) is 7.11 Å². The summed E-state index contributed by atoms with van der Waals surface area (Å²) in [5.74, 6) is 0.176. The fourth-order valence-electron chi connectivity index (χ4n) is 1.15. The highest BCUT2D eigenvalue weighted by Gasteiger charge is 2.32. The lowest BCUT2D eigenvalue weighted by molar-refractivity contribution is -0.142. The van der Waals surface area contributed by atoms with E-state index < -0.39 is 18.4 Å². The summed E-state index contributed by atoms with van der Waals surface area (Å²) in [6.45, 7) is 3.49. The first-order valence-corrected chi connectivity index (χ1v) is 3.79. The van der Waals surface area contributed by atoms with E-state index in [4.69, 9.17) is 15.0 Å². The fourth-order valence-corrected chi connectivity index (χ4v) is 1.15.